The zero-order valence-electron chi connectivity index (χ0n) is 17.1. The lowest BCUT2D eigenvalue weighted by atomic mass is 9.83. The van der Waals surface area contributed by atoms with Crippen molar-refractivity contribution in [1.29, 1.82) is 0 Å². The lowest BCUT2D eigenvalue weighted by Crippen LogP contribution is -2.57. The summed E-state index contributed by atoms with van der Waals surface area (Å²) in [7, 11) is 7.99. The Hall–Kier alpha value is -0.120. The van der Waals surface area contributed by atoms with E-state index in [4.69, 9.17) is 9.47 Å². The molecular weight excluding hydrogens is 443 g/mol. The summed E-state index contributed by atoms with van der Waals surface area (Å²) in [6, 6.07) is 0. The van der Waals surface area contributed by atoms with Crippen molar-refractivity contribution in [3.63, 3.8) is 0 Å². The van der Waals surface area contributed by atoms with Crippen LogP contribution in [0.2, 0.25) is 0 Å². The fourth-order valence-electron chi connectivity index (χ4n) is 4.23. The third-order valence-electron chi connectivity index (χ3n) is 6.31. The number of likely N-dealkylation sites (N-methyl/N-ethyl adjacent to an activating group) is 1. The van der Waals surface area contributed by atoms with Gasteiger partial charge in [0.05, 0.1) is 0 Å². The van der Waals surface area contributed by atoms with Gasteiger partial charge in [0.15, 0.2) is 5.96 Å². The molecule has 0 atom stereocenters. The molecule has 2 fully saturated rings. The molecule has 2 N–H and O–H groups in total. The number of rotatable bonds is 8. The summed E-state index contributed by atoms with van der Waals surface area (Å²) in [6.45, 7) is 4.40. The van der Waals surface area contributed by atoms with Crippen LogP contribution in [0.25, 0.3) is 0 Å². The van der Waals surface area contributed by atoms with E-state index in [9.17, 15) is 0 Å². The van der Waals surface area contributed by atoms with Gasteiger partial charge in [0.1, 0.15) is 0 Å². The maximum absolute atomic E-state index is 5.56. The van der Waals surface area contributed by atoms with Crippen molar-refractivity contribution in [3.05, 3.63) is 0 Å². The molecule has 0 aromatic heterocycles. The fourth-order valence-corrected chi connectivity index (χ4v) is 4.23. The summed E-state index contributed by atoms with van der Waals surface area (Å²) in [4.78, 5) is 6.79. The molecule has 1 heterocycles. The molecule has 2 rings (SSSR count). The number of nitrogens with one attached hydrogen (secondary N) is 2. The Morgan fingerprint density at radius 2 is 1.69 bits per heavy atom. The Morgan fingerprint density at radius 3 is 2.23 bits per heavy atom. The third-order valence-corrected chi connectivity index (χ3v) is 6.31. The van der Waals surface area contributed by atoms with Crippen molar-refractivity contribution in [2.45, 2.75) is 50.5 Å². The first-order valence-corrected chi connectivity index (χ1v) is 9.75. The zero-order chi connectivity index (χ0) is 18.2. The highest BCUT2D eigenvalue weighted by Gasteiger charge is 2.36. The fraction of sp³-hybridized carbons (Fsp3) is 0.947. The Morgan fingerprint density at radius 1 is 1.08 bits per heavy atom. The summed E-state index contributed by atoms with van der Waals surface area (Å²) in [5.41, 5.74) is 0.516. The molecule has 0 aromatic rings. The molecule has 7 heteroatoms. The van der Waals surface area contributed by atoms with Gasteiger partial charge in [-0.25, -0.2) is 0 Å². The molecule has 1 aliphatic carbocycles. The van der Waals surface area contributed by atoms with Crippen molar-refractivity contribution in [2.24, 2.45) is 10.4 Å². The van der Waals surface area contributed by atoms with Gasteiger partial charge in [0.25, 0.3) is 0 Å². The Kier molecular flexibility index (Phi) is 10.7. The van der Waals surface area contributed by atoms with Crippen LogP contribution in [-0.4, -0.2) is 77.6 Å². The standard InChI is InChI=1S/C19H38N4O2.HI/c1-20-17(21-15-18(9-12-24-4)7-5-6-8-18)22-16-19(23(2)3)10-13-25-14-11-19;/h5-16H2,1-4H3,(H2,20,21,22);1H. The molecular formula is C19H39IN4O2. The predicted molar refractivity (Wildman–Crippen MR) is 119 cm³/mol. The lowest BCUT2D eigenvalue weighted by Gasteiger charge is -2.43. The maximum atomic E-state index is 5.56. The number of guanidine groups is 1. The molecule has 1 saturated carbocycles. The van der Waals surface area contributed by atoms with Crippen molar-refractivity contribution in [1.82, 2.24) is 15.5 Å². The van der Waals surface area contributed by atoms with Crippen molar-refractivity contribution in [3.8, 4) is 0 Å². The summed E-state index contributed by atoms with van der Waals surface area (Å²) in [6.07, 6.45) is 8.50. The average molecular weight is 482 g/mol. The summed E-state index contributed by atoms with van der Waals surface area (Å²) >= 11 is 0. The predicted octanol–water partition coefficient (Wildman–Crippen LogP) is 2.48. The Bertz CT molecular complexity index is 420. The van der Waals surface area contributed by atoms with Crippen LogP contribution in [0.1, 0.15) is 44.9 Å². The van der Waals surface area contributed by atoms with Crippen LogP contribution in [0, 0.1) is 5.41 Å². The number of nitrogens with zero attached hydrogens (tertiary/aromatic N) is 2. The third kappa shape index (κ3) is 6.49. The van der Waals surface area contributed by atoms with Gasteiger partial charge in [-0.05, 0) is 51.6 Å². The van der Waals surface area contributed by atoms with Crippen LogP contribution in [0.4, 0.5) is 0 Å². The maximum Gasteiger partial charge on any atom is 0.191 e. The van der Waals surface area contributed by atoms with Gasteiger partial charge in [-0.15, -0.1) is 24.0 Å². The molecule has 2 aliphatic rings. The molecule has 0 amide bonds. The second-order valence-corrected chi connectivity index (χ2v) is 7.96. The zero-order valence-corrected chi connectivity index (χ0v) is 19.4. The SMILES string of the molecule is CN=C(NCC1(CCOC)CCCC1)NCC1(N(C)C)CCOCC1.I. The number of halogens is 1. The second-order valence-electron chi connectivity index (χ2n) is 7.96. The molecule has 1 saturated heterocycles. The molecule has 0 bridgehead atoms. The first-order valence-electron chi connectivity index (χ1n) is 9.75. The highest BCUT2D eigenvalue weighted by Crippen LogP contribution is 2.40. The minimum absolute atomic E-state index is 0. The van der Waals surface area contributed by atoms with Crippen molar-refractivity contribution < 1.29 is 9.47 Å². The van der Waals surface area contributed by atoms with Gasteiger partial charge in [0.2, 0.25) is 0 Å². The number of methoxy groups -OCH3 is 1. The molecule has 0 radical (unpaired) electrons. The van der Waals surface area contributed by atoms with Gasteiger partial charge in [-0.1, -0.05) is 12.8 Å². The largest absolute Gasteiger partial charge is 0.385 e. The molecule has 6 nitrogen and oxygen atoms in total. The Labute approximate surface area is 176 Å². The summed E-state index contributed by atoms with van der Waals surface area (Å²) < 4.78 is 10.9. The lowest BCUT2D eigenvalue weighted by molar-refractivity contribution is -0.00503. The van der Waals surface area contributed by atoms with E-state index in [1.165, 1.54) is 25.7 Å². The van der Waals surface area contributed by atoms with Crippen LogP contribution in [0.5, 0.6) is 0 Å². The quantitative estimate of drug-likeness (QED) is 0.316. The topological polar surface area (TPSA) is 58.1 Å². The van der Waals surface area contributed by atoms with Crippen LogP contribution < -0.4 is 10.6 Å². The van der Waals surface area contributed by atoms with Gasteiger partial charge in [-0.3, -0.25) is 4.99 Å². The molecule has 154 valence electrons. The number of hydrogen-bond acceptors (Lipinski definition) is 4. The van der Waals surface area contributed by atoms with Gasteiger partial charge >= 0.3 is 0 Å². The highest BCUT2D eigenvalue weighted by atomic mass is 127. The van der Waals surface area contributed by atoms with Crippen LogP contribution in [0.3, 0.4) is 0 Å². The molecule has 1 aliphatic heterocycles. The van der Waals surface area contributed by atoms with E-state index in [0.717, 1.165) is 58.1 Å². The number of ether oxygens (including phenoxy) is 2. The molecule has 0 aromatic carbocycles. The smallest absolute Gasteiger partial charge is 0.191 e. The van der Waals surface area contributed by atoms with Gasteiger partial charge in [-0.2, -0.15) is 0 Å². The van der Waals surface area contributed by atoms with E-state index in [1.807, 2.05) is 7.05 Å². The monoisotopic (exact) mass is 482 g/mol. The van der Waals surface area contributed by atoms with Crippen LogP contribution in [0.15, 0.2) is 4.99 Å². The summed E-state index contributed by atoms with van der Waals surface area (Å²) in [5, 5.41) is 7.16. The van der Waals surface area contributed by atoms with Crippen LogP contribution >= 0.6 is 24.0 Å². The van der Waals surface area contributed by atoms with Crippen molar-refractivity contribution >= 4 is 29.9 Å². The molecule has 0 unspecified atom stereocenters. The average Bonchev–Trinajstić information content (AvgIpc) is 3.10. The number of hydrogen-bond donors (Lipinski definition) is 2. The number of aliphatic imine (C=N–C) groups is 1. The van der Waals surface area contributed by atoms with E-state index < -0.39 is 0 Å². The normalized spacial score (nSPS) is 22.1. The minimum Gasteiger partial charge on any atom is -0.385 e. The Balaban J connectivity index is 0.00000338. The van der Waals surface area contributed by atoms with E-state index >= 15 is 0 Å². The summed E-state index contributed by atoms with van der Waals surface area (Å²) in [5.74, 6) is 0.913. The van der Waals surface area contributed by atoms with Gasteiger partial charge < -0.3 is 25.0 Å². The van der Waals surface area contributed by atoms with Gasteiger partial charge in [0, 0.05) is 52.6 Å². The van der Waals surface area contributed by atoms with E-state index in [2.05, 4.69) is 34.6 Å². The van der Waals surface area contributed by atoms with E-state index in [0.29, 0.717) is 5.41 Å². The van der Waals surface area contributed by atoms with Crippen molar-refractivity contribution in [2.75, 3.05) is 61.2 Å². The van der Waals surface area contributed by atoms with Crippen LogP contribution in [-0.2, 0) is 9.47 Å². The van der Waals surface area contributed by atoms with E-state index in [1.54, 1.807) is 7.11 Å². The first-order chi connectivity index (χ1) is 12.1. The highest BCUT2D eigenvalue weighted by molar-refractivity contribution is 14.0. The minimum atomic E-state index is 0. The second kappa shape index (κ2) is 11.7. The van der Waals surface area contributed by atoms with E-state index in [-0.39, 0.29) is 29.5 Å². The molecule has 0 spiro atoms. The molecule has 26 heavy (non-hydrogen) atoms. The first kappa shape index (κ1) is 23.9.